The van der Waals surface area contributed by atoms with E-state index in [0.29, 0.717) is 12.3 Å². The molecule has 114 valence electrons. The van der Waals surface area contributed by atoms with Crippen molar-refractivity contribution < 1.29 is 14.1 Å². The van der Waals surface area contributed by atoms with E-state index >= 15 is 0 Å². The summed E-state index contributed by atoms with van der Waals surface area (Å²) in [5.41, 5.74) is 3.61. The highest BCUT2D eigenvalue weighted by Gasteiger charge is 2.26. The number of carbonyl (C=O) groups is 1. The van der Waals surface area contributed by atoms with E-state index in [1.807, 2.05) is 6.08 Å². The Morgan fingerprint density at radius 1 is 1.48 bits per heavy atom. The van der Waals surface area contributed by atoms with Crippen LogP contribution >= 0.6 is 0 Å². The van der Waals surface area contributed by atoms with Crippen molar-refractivity contribution >= 4 is 12.0 Å². The molecule has 0 unspecified atom stereocenters. The molecule has 0 aromatic carbocycles. The summed E-state index contributed by atoms with van der Waals surface area (Å²) in [5, 5.41) is 3.89. The van der Waals surface area contributed by atoms with Crippen molar-refractivity contribution in [2.24, 2.45) is 5.41 Å². The van der Waals surface area contributed by atoms with Gasteiger partial charge >= 0.3 is 5.97 Å². The van der Waals surface area contributed by atoms with Crippen LogP contribution in [0.15, 0.2) is 27.8 Å². The molecule has 4 nitrogen and oxygen atoms in total. The minimum absolute atomic E-state index is 0.144. The van der Waals surface area contributed by atoms with E-state index < -0.39 is 5.97 Å². The van der Waals surface area contributed by atoms with Gasteiger partial charge in [0, 0.05) is 6.07 Å². The summed E-state index contributed by atoms with van der Waals surface area (Å²) in [6, 6.07) is 1.61. The van der Waals surface area contributed by atoms with Crippen molar-refractivity contribution in [2.45, 2.75) is 47.0 Å². The molecule has 0 fully saturated rings. The van der Waals surface area contributed by atoms with Gasteiger partial charge in [-0.1, -0.05) is 30.7 Å². The van der Waals surface area contributed by atoms with Crippen LogP contribution in [0.25, 0.3) is 6.08 Å². The maximum atomic E-state index is 11.5. The number of aromatic nitrogens is 1. The molecule has 0 saturated heterocycles. The number of carbonyl (C=O) groups excluding carboxylic acids is 1. The van der Waals surface area contributed by atoms with Crippen molar-refractivity contribution in [1.82, 2.24) is 5.16 Å². The second-order valence-corrected chi connectivity index (χ2v) is 6.10. The Bertz CT molecular complexity index is 579. The predicted molar refractivity (Wildman–Crippen MR) is 81.8 cm³/mol. The monoisotopic (exact) mass is 289 g/mol. The summed E-state index contributed by atoms with van der Waals surface area (Å²) in [6.45, 7) is 8.80. The molecule has 0 saturated carbocycles. The summed E-state index contributed by atoms with van der Waals surface area (Å²) in [4.78, 5) is 11.5. The van der Waals surface area contributed by atoms with Crippen molar-refractivity contribution in [3.8, 4) is 0 Å². The Morgan fingerprint density at radius 3 is 2.90 bits per heavy atom. The Balaban J connectivity index is 2.16. The lowest BCUT2D eigenvalue weighted by Crippen LogP contribution is -2.18. The zero-order chi connectivity index (χ0) is 15.5. The first kappa shape index (κ1) is 15.5. The van der Waals surface area contributed by atoms with Gasteiger partial charge in [0.15, 0.2) is 0 Å². The molecule has 1 aromatic rings. The molecule has 1 aliphatic carbocycles. The van der Waals surface area contributed by atoms with Crippen molar-refractivity contribution in [2.75, 3.05) is 6.61 Å². The molecule has 4 heteroatoms. The zero-order valence-corrected chi connectivity index (χ0v) is 13.2. The Labute approximate surface area is 125 Å². The molecule has 0 spiro atoms. The van der Waals surface area contributed by atoms with E-state index in [2.05, 4.69) is 32.0 Å². The van der Waals surface area contributed by atoms with Gasteiger partial charge in [0.25, 0.3) is 0 Å². The van der Waals surface area contributed by atoms with E-state index in [4.69, 9.17) is 9.26 Å². The summed E-state index contributed by atoms with van der Waals surface area (Å²) in [5.74, 6) is -0.330. The molecule has 21 heavy (non-hydrogen) atoms. The summed E-state index contributed by atoms with van der Waals surface area (Å²) in [6.07, 6.45) is 7.58. The molecule has 2 rings (SSSR count). The lowest BCUT2D eigenvalue weighted by molar-refractivity contribution is 0.0479. The normalized spacial score (nSPS) is 18.3. The van der Waals surface area contributed by atoms with E-state index in [-0.39, 0.29) is 11.2 Å². The average Bonchev–Trinajstić information content (AvgIpc) is 2.86. The topological polar surface area (TPSA) is 52.3 Å². The molecule has 0 bridgehead atoms. The molecule has 1 heterocycles. The van der Waals surface area contributed by atoms with E-state index in [9.17, 15) is 4.79 Å². The van der Waals surface area contributed by atoms with Gasteiger partial charge in [0.05, 0.1) is 6.61 Å². The van der Waals surface area contributed by atoms with Gasteiger partial charge in [-0.25, -0.2) is 4.79 Å². The van der Waals surface area contributed by atoms with Crippen molar-refractivity contribution in [3.05, 3.63) is 34.7 Å². The predicted octanol–water partition coefficient (Wildman–Crippen LogP) is 4.39. The first-order valence-electron chi connectivity index (χ1n) is 7.46. The second kappa shape index (κ2) is 6.29. The van der Waals surface area contributed by atoms with Gasteiger partial charge in [0.1, 0.15) is 5.69 Å². The number of allylic oxidation sites excluding steroid dienone is 3. The minimum Gasteiger partial charge on any atom is -0.460 e. The highest BCUT2D eigenvalue weighted by molar-refractivity contribution is 5.86. The number of rotatable bonds is 4. The summed E-state index contributed by atoms with van der Waals surface area (Å²) in [7, 11) is 0. The molecule has 1 aliphatic rings. The Kier molecular flexibility index (Phi) is 4.66. The Hall–Kier alpha value is -1.84. The largest absolute Gasteiger partial charge is 0.460 e. The second-order valence-electron chi connectivity index (χ2n) is 6.10. The third kappa shape index (κ3) is 3.63. The van der Waals surface area contributed by atoms with Crippen LogP contribution in [0.5, 0.6) is 0 Å². The molecule has 0 radical (unpaired) electrons. The van der Waals surface area contributed by atoms with E-state index in [0.717, 1.165) is 6.42 Å². The number of hydrogen-bond donors (Lipinski definition) is 0. The number of nitrogens with zero attached hydrogens (tertiary/aromatic N) is 1. The van der Waals surface area contributed by atoms with Gasteiger partial charge in [-0.3, -0.25) is 0 Å². The molecule has 0 aliphatic heterocycles. The highest BCUT2D eigenvalue weighted by Crippen LogP contribution is 2.40. The zero-order valence-electron chi connectivity index (χ0n) is 13.2. The molecule has 1 aromatic heterocycles. The van der Waals surface area contributed by atoms with Crippen molar-refractivity contribution in [1.29, 1.82) is 0 Å². The fourth-order valence-corrected chi connectivity index (χ4v) is 2.84. The van der Waals surface area contributed by atoms with Gasteiger partial charge in [0.2, 0.25) is 5.76 Å². The first-order chi connectivity index (χ1) is 9.94. The van der Waals surface area contributed by atoms with Gasteiger partial charge in [-0.15, -0.1) is 0 Å². The van der Waals surface area contributed by atoms with E-state index in [1.165, 1.54) is 24.0 Å². The standard InChI is InChI=1S/C17H23NO3/c1-5-20-16(19)15-11-13(18-21-15)8-9-14-12(2)7-6-10-17(14,3)4/h8-9,11H,5-7,10H2,1-4H3/b9-8+. The lowest BCUT2D eigenvalue weighted by Gasteiger charge is -2.32. The van der Waals surface area contributed by atoms with Crippen molar-refractivity contribution in [3.63, 3.8) is 0 Å². The quantitative estimate of drug-likeness (QED) is 0.771. The Morgan fingerprint density at radius 2 is 2.24 bits per heavy atom. The number of hydrogen-bond acceptors (Lipinski definition) is 4. The molecular weight excluding hydrogens is 266 g/mol. The highest BCUT2D eigenvalue weighted by atomic mass is 16.6. The van der Waals surface area contributed by atoms with Gasteiger partial charge < -0.3 is 9.26 Å². The lowest BCUT2D eigenvalue weighted by atomic mass is 9.72. The first-order valence-corrected chi connectivity index (χ1v) is 7.46. The average molecular weight is 289 g/mol. The van der Waals surface area contributed by atoms with Gasteiger partial charge in [-0.05, 0) is 50.2 Å². The van der Waals surface area contributed by atoms with E-state index in [1.54, 1.807) is 13.0 Å². The smallest absolute Gasteiger partial charge is 0.377 e. The molecule has 0 N–H and O–H groups in total. The maximum absolute atomic E-state index is 11.5. The third-order valence-electron chi connectivity index (χ3n) is 3.97. The minimum atomic E-state index is -0.474. The molecule has 0 amide bonds. The molecular formula is C17H23NO3. The van der Waals surface area contributed by atoms with Crippen LogP contribution in [0.2, 0.25) is 0 Å². The van der Waals surface area contributed by atoms with Crippen LogP contribution < -0.4 is 0 Å². The van der Waals surface area contributed by atoms with Crippen LogP contribution in [0.3, 0.4) is 0 Å². The third-order valence-corrected chi connectivity index (χ3v) is 3.97. The van der Waals surface area contributed by atoms with Crippen LogP contribution in [0.1, 0.15) is 63.2 Å². The fraction of sp³-hybridized carbons (Fsp3) is 0.529. The summed E-state index contributed by atoms with van der Waals surface area (Å²) >= 11 is 0. The van der Waals surface area contributed by atoms with Crippen LogP contribution in [-0.4, -0.2) is 17.7 Å². The van der Waals surface area contributed by atoms with Crippen LogP contribution in [-0.2, 0) is 4.74 Å². The maximum Gasteiger partial charge on any atom is 0.377 e. The summed E-state index contributed by atoms with van der Waals surface area (Å²) < 4.78 is 9.89. The van der Waals surface area contributed by atoms with Crippen LogP contribution in [0, 0.1) is 5.41 Å². The SMILES string of the molecule is CCOC(=O)c1cc(/C=C/C2=C(C)CCCC2(C)C)no1. The van der Waals surface area contributed by atoms with Gasteiger partial charge in [-0.2, -0.15) is 0 Å². The number of esters is 1. The van der Waals surface area contributed by atoms with Crippen LogP contribution in [0.4, 0.5) is 0 Å². The number of ether oxygens (including phenoxy) is 1. The fourth-order valence-electron chi connectivity index (χ4n) is 2.84. The molecule has 0 atom stereocenters.